The topological polar surface area (TPSA) is 40.5 Å². The smallest absolute Gasteiger partial charge is 0.335 e. The highest BCUT2D eigenvalue weighted by Gasteiger charge is 2.18. The summed E-state index contributed by atoms with van der Waals surface area (Å²) in [5.74, 6) is -0.200. The minimum Gasteiger partial charge on any atom is -0.478 e. The molecule has 1 aliphatic rings. The van der Waals surface area contributed by atoms with Crippen molar-refractivity contribution in [3.05, 3.63) is 28.2 Å². The van der Waals surface area contributed by atoms with Crippen LogP contribution in [0.4, 0.5) is 5.69 Å². The molecule has 4 heteroatoms. The molecule has 92 valence electrons. The molecule has 1 N–H and O–H groups in total. The van der Waals surface area contributed by atoms with Gasteiger partial charge in [-0.1, -0.05) is 22.9 Å². The van der Waals surface area contributed by atoms with Gasteiger partial charge in [-0.25, -0.2) is 4.79 Å². The predicted octanol–water partition coefficient (Wildman–Crippen LogP) is 3.38. The largest absolute Gasteiger partial charge is 0.478 e. The van der Waals surface area contributed by atoms with Crippen LogP contribution in [0.1, 0.15) is 30.1 Å². The van der Waals surface area contributed by atoms with E-state index in [4.69, 9.17) is 5.11 Å². The predicted molar refractivity (Wildman–Crippen MR) is 71.7 cm³/mol. The minimum absolute atomic E-state index is 0.340. The van der Waals surface area contributed by atoms with Gasteiger partial charge in [-0.05, 0) is 37.0 Å². The van der Waals surface area contributed by atoms with Gasteiger partial charge >= 0.3 is 5.97 Å². The van der Waals surface area contributed by atoms with Crippen molar-refractivity contribution in [2.45, 2.75) is 19.8 Å². The number of hydrogen-bond acceptors (Lipinski definition) is 2. The number of halogens is 1. The van der Waals surface area contributed by atoms with Gasteiger partial charge in [0.25, 0.3) is 0 Å². The van der Waals surface area contributed by atoms with Crippen molar-refractivity contribution in [1.29, 1.82) is 0 Å². The van der Waals surface area contributed by atoms with E-state index >= 15 is 0 Å². The number of aromatic carboxylic acids is 1. The van der Waals surface area contributed by atoms with Gasteiger partial charge < -0.3 is 10.0 Å². The zero-order valence-corrected chi connectivity index (χ0v) is 11.4. The minimum atomic E-state index is -0.877. The van der Waals surface area contributed by atoms with Crippen LogP contribution in [0.3, 0.4) is 0 Å². The Morgan fingerprint density at radius 1 is 1.47 bits per heavy atom. The van der Waals surface area contributed by atoms with Gasteiger partial charge in [0.15, 0.2) is 0 Å². The molecule has 1 fully saturated rings. The summed E-state index contributed by atoms with van der Waals surface area (Å²) in [5.41, 5.74) is 1.34. The molecule has 0 aromatic heterocycles. The lowest BCUT2D eigenvalue weighted by Gasteiger charge is -2.33. The van der Waals surface area contributed by atoms with E-state index in [9.17, 15) is 4.79 Å². The summed E-state index contributed by atoms with van der Waals surface area (Å²) in [6, 6.07) is 5.38. The summed E-state index contributed by atoms with van der Waals surface area (Å²) in [7, 11) is 0. The van der Waals surface area contributed by atoms with Crippen LogP contribution in [0, 0.1) is 5.92 Å². The van der Waals surface area contributed by atoms with Crippen LogP contribution in [0.15, 0.2) is 22.7 Å². The molecule has 3 nitrogen and oxygen atoms in total. The van der Waals surface area contributed by atoms with Crippen LogP contribution in [-0.4, -0.2) is 24.2 Å². The summed E-state index contributed by atoms with van der Waals surface area (Å²) in [4.78, 5) is 13.3. The third-order valence-electron chi connectivity index (χ3n) is 3.15. The number of carboxylic acids is 1. The fourth-order valence-electron chi connectivity index (χ4n) is 2.30. The van der Waals surface area contributed by atoms with Crippen molar-refractivity contribution >= 4 is 27.6 Å². The van der Waals surface area contributed by atoms with Gasteiger partial charge in [0.2, 0.25) is 0 Å². The van der Waals surface area contributed by atoms with Gasteiger partial charge in [0.05, 0.1) is 5.56 Å². The van der Waals surface area contributed by atoms with E-state index in [1.165, 1.54) is 12.8 Å². The van der Waals surface area contributed by atoms with Crippen LogP contribution in [0.25, 0.3) is 0 Å². The molecule has 1 heterocycles. The molecule has 0 spiro atoms. The lowest BCUT2D eigenvalue weighted by molar-refractivity contribution is 0.0697. The normalized spacial score (nSPS) is 20.4. The number of benzene rings is 1. The lowest BCUT2D eigenvalue weighted by atomic mass is 9.99. The third-order valence-corrected chi connectivity index (χ3v) is 3.61. The monoisotopic (exact) mass is 297 g/mol. The number of piperidine rings is 1. The molecule has 0 amide bonds. The molecule has 0 aliphatic carbocycles. The number of carbonyl (C=O) groups is 1. The number of anilines is 1. The Morgan fingerprint density at radius 2 is 2.24 bits per heavy atom. The Balaban J connectivity index is 2.28. The van der Waals surface area contributed by atoms with Crippen molar-refractivity contribution in [3.63, 3.8) is 0 Å². The second-order valence-electron chi connectivity index (χ2n) is 4.70. The molecule has 1 atom stereocenters. The Morgan fingerprint density at radius 3 is 2.88 bits per heavy atom. The maximum Gasteiger partial charge on any atom is 0.335 e. The highest BCUT2D eigenvalue weighted by atomic mass is 79.9. The van der Waals surface area contributed by atoms with E-state index in [1.54, 1.807) is 12.1 Å². The average Bonchev–Trinajstić information content (AvgIpc) is 2.28. The third kappa shape index (κ3) is 3.00. The van der Waals surface area contributed by atoms with Gasteiger partial charge in [-0.2, -0.15) is 0 Å². The Hall–Kier alpha value is -1.03. The van der Waals surface area contributed by atoms with Crippen molar-refractivity contribution in [2.24, 2.45) is 5.92 Å². The van der Waals surface area contributed by atoms with Gasteiger partial charge in [0.1, 0.15) is 0 Å². The quantitative estimate of drug-likeness (QED) is 0.910. The Bertz CT molecular complexity index is 433. The molecule has 1 aromatic rings. The van der Waals surface area contributed by atoms with Crippen molar-refractivity contribution in [1.82, 2.24) is 0 Å². The van der Waals surface area contributed by atoms with E-state index < -0.39 is 5.97 Å². The van der Waals surface area contributed by atoms with E-state index in [2.05, 4.69) is 27.8 Å². The second-order valence-corrected chi connectivity index (χ2v) is 5.61. The summed E-state index contributed by atoms with van der Waals surface area (Å²) in [6.07, 6.45) is 2.44. The fraction of sp³-hybridized carbons (Fsp3) is 0.462. The maximum absolute atomic E-state index is 11.0. The number of nitrogens with zero attached hydrogens (tertiary/aromatic N) is 1. The van der Waals surface area contributed by atoms with E-state index in [1.807, 2.05) is 6.07 Å². The summed E-state index contributed by atoms with van der Waals surface area (Å²) < 4.78 is 0.825. The van der Waals surface area contributed by atoms with E-state index in [-0.39, 0.29) is 0 Å². The van der Waals surface area contributed by atoms with Crippen LogP contribution in [-0.2, 0) is 0 Å². The summed E-state index contributed by atoms with van der Waals surface area (Å²) >= 11 is 3.37. The fourth-order valence-corrected chi connectivity index (χ4v) is 2.79. The maximum atomic E-state index is 11.0. The van der Waals surface area contributed by atoms with Crippen LogP contribution in [0.2, 0.25) is 0 Å². The first-order valence-corrected chi connectivity index (χ1v) is 6.64. The number of carboxylic acid groups (broad SMARTS) is 1. The number of hydrogen-bond donors (Lipinski definition) is 1. The molecule has 17 heavy (non-hydrogen) atoms. The second kappa shape index (κ2) is 5.08. The summed E-state index contributed by atoms with van der Waals surface area (Å²) in [6.45, 7) is 4.26. The molecule has 0 bridgehead atoms. The molecule has 1 unspecified atom stereocenters. The van der Waals surface area contributed by atoms with Crippen LogP contribution >= 0.6 is 15.9 Å². The Labute approximate surface area is 110 Å². The Kier molecular flexibility index (Phi) is 3.72. The average molecular weight is 298 g/mol. The molecule has 0 saturated carbocycles. The highest BCUT2D eigenvalue weighted by molar-refractivity contribution is 9.10. The molecule has 1 saturated heterocycles. The molecular weight excluding hydrogens is 282 g/mol. The first kappa shape index (κ1) is 12.4. The zero-order valence-electron chi connectivity index (χ0n) is 9.82. The highest BCUT2D eigenvalue weighted by Crippen LogP contribution is 2.27. The molecule has 1 aromatic carbocycles. The molecule has 2 rings (SSSR count). The van der Waals surface area contributed by atoms with Crippen molar-refractivity contribution in [2.75, 3.05) is 18.0 Å². The van der Waals surface area contributed by atoms with Crippen molar-refractivity contribution in [3.8, 4) is 0 Å². The van der Waals surface area contributed by atoms with Crippen LogP contribution < -0.4 is 4.90 Å². The van der Waals surface area contributed by atoms with Crippen molar-refractivity contribution < 1.29 is 9.90 Å². The molecule has 0 radical (unpaired) electrons. The van der Waals surface area contributed by atoms with Gasteiger partial charge in [-0.3, -0.25) is 0 Å². The number of rotatable bonds is 2. The SMILES string of the molecule is CC1CCCN(c2cc(Br)cc(C(=O)O)c2)C1. The first-order chi connectivity index (χ1) is 8.06. The van der Waals surface area contributed by atoms with Gasteiger partial charge in [-0.15, -0.1) is 0 Å². The standard InChI is InChI=1S/C13H16BrNO2/c1-9-3-2-4-15(8-9)12-6-10(13(16)17)5-11(14)7-12/h5-7,9H,2-4,8H2,1H3,(H,16,17). The summed E-state index contributed by atoms with van der Waals surface area (Å²) in [5, 5.41) is 9.04. The molecule has 1 aliphatic heterocycles. The van der Waals surface area contributed by atoms with E-state index in [0.29, 0.717) is 11.5 Å². The first-order valence-electron chi connectivity index (χ1n) is 5.85. The van der Waals surface area contributed by atoms with E-state index in [0.717, 1.165) is 23.2 Å². The van der Waals surface area contributed by atoms with Gasteiger partial charge in [0, 0.05) is 23.2 Å². The van der Waals surface area contributed by atoms with Crippen LogP contribution in [0.5, 0.6) is 0 Å². The lowest BCUT2D eigenvalue weighted by Crippen LogP contribution is -2.34. The zero-order chi connectivity index (χ0) is 12.4. The molecular formula is C13H16BrNO2.